The minimum atomic E-state index is -0.238. The van der Waals surface area contributed by atoms with Gasteiger partial charge in [-0.15, -0.1) is 0 Å². The Kier molecular flexibility index (Phi) is 4.94. The van der Waals surface area contributed by atoms with E-state index in [-0.39, 0.29) is 12.3 Å². The van der Waals surface area contributed by atoms with Crippen LogP contribution < -0.4 is 14.8 Å². The zero-order valence-electron chi connectivity index (χ0n) is 13.9. The van der Waals surface area contributed by atoms with Crippen LogP contribution in [-0.2, 0) is 11.2 Å². The van der Waals surface area contributed by atoms with Crippen molar-refractivity contribution < 1.29 is 18.8 Å². The summed E-state index contributed by atoms with van der Waals surface area (Å²) in [5.41, 5.74) is 1.35. The Morgan fingerprint density at radius 3 is 2.56 bits per heavy atom. The Hall–Kier alpha value is -3.35. The molecule has 2 aromatic carbocycles. The lowest BCUT2D eigenvalue weighted by atomic mass is 10.2. The smallest absolute Gasteiger partial charge is 0.261 e. The molecule has 7 heteroatoms. The van der Waals surface area contributed by atoms with E-state index in [2.05, 4.69) is 15.5 Å². The molecule has 128 valence electrons. The van der Waals surface area contributed by atoms with Gasteiger partial charge in [0.15, 0.2) is 5.82 Å². The van der Waals surface area contributed by atoms with Gasteiger partial charge in [-0.1, -0.05) is 17.3 Å². The predicted octanol–water partition coefficient (Wildman–Crippen LogP) is 2.94. The lowest BCUT2D eigenvalue weighted by molar-refractivity contribution is -0.115. The minimum Gasteiger partial charge on any atom is -0.497 e. The Labute approximate surface area is 144 Å². The first-order chi connectivity index (χ1) is 12.2. The quantitative estimate of drug-likeness (QED) is 0.743. The molecule has 0 saturated heterocycles. The van der Waals surface area contributed by atoms with Crippen LogP contribution in [0.2, 0.25) is 0 Å². The van der Waals surface area contributed by atoms with E-state index in [0.717, 1.165) is 5.75 Å². The van der Waals surface area contributed by atoms with Crippen LogP contribution in [-0.4, -0.2) is 30.3 Å². The number of carbonyl (C=O) groups is 1. The fraction of sp³-hybridized carbons (Fsp3) is 0.167. The van der Waals surface area contributed by atoms with Crippen molar-refractivity contribution >= 4 is 11.6 Å². The van der Waals surface area contributed by atoms with E-state index in [1.165, 1.54) is 0 Å². The molecule has 1 N–H and O–H groups in total. The molecule has 25 heavy (non-hydrogen) atoms. The summed E-state index contributed by atoms with van der Waals surface area (Å²) in [6.07, 6.45) is 0.00464. The first kappa shape index (κ1) is 16.5. The molecule has 1 aromatic heterocycles. The van der Waals surface area contributed by atoms with Crippen LogP contribution in [0.5, 0.6) is 11.5 Å². The van der Waals surface area contributed by atoms with E-state index in [1.54, 1.807) is 44.6 Å². The molecule has 7 nitrogen and oxygen atoms in total. The molecule has 0 unspecified atom stereocenters. The highest BCUT2D eigenvalue weighted by Gasteiger charge is 2.15. The van der Waals surface area contributed by atoms with Crippen molar-refractivity contribution in [2.45, 2.75) is 6.42 Å². The average Bonchev–Trinajstić information content (AvgIpc) is 3.10. The van der Waals surface area contributed by atoms with Gasteiger partial charge in [-0.2, -0.15) is 4.98 Å². The number of rotatable bonds is 6. The lowest BCUT2D eigenvalue weighted by Gasteiger charge is -2.04. The number of anilines is 1. The van der Waals surface area contributed by atoms with Crippen molar-refractivity contribution in [1.29, 1.82) is 0 Å². The summed E-state index contributed by atoms with van der Waals surface area (Å²) < 4.78 is 15.6. The van der Waals surface area contributed by atoms with Crippen LogP contribution in [0.1, 0.15) is 5.82 Å². The van der Waals surface area contributed by atoms with Crippen LogP contribution in [0.4, 0.5) is 5.69 Å². The molecule has 0 saturated carbocycles. The molecular weight excluding hydrogens is 322 g/mol. The van der Waals surface area contributed by atoms with Gasteiger partial charge < -0.3 is 19.3 Å². The van der Waals surface area contributed by atoms with Crippen molar-refractivity contribution in [1.82, 2.24) is 10.1 Å². The topological polar surface area (TPSA) is 86.5 Å². The van der Waals surface area contributed by atoms with E-state index < -0.39 is 0 Å². The molecule has 0 aliphatic carbocycles. The molecule has 0 bridgehead atoms. The number of benzene rings is 2. The third kappa shape index (κ3) is 3.95. The number of hydrogen-bond donors (Lipinski definition) is 1. The van der Waals surface area contributed by atoms with E-state index in [9.17, 15) is 4.79 Å². The van der Waals surface area contributed by atoms with Crippen molar-refractivity contribution in [3.05, 3.63) is 54.4 Å². The van der Waals surface area contributed by atoms with Gasteiger partial charge in [-0.3, -0.25) is 4.79 Å². The minimum absolute atomic E-state index is 0.00464. The highest BCUT2D eigenvalue weighted by molar-refractivity contribution is 5.91. The fourth-order valence-electron chi connectivity index (χ4n) is 2.28. The number of ether oxygens (including phenoxy) is 2. The van der Waals surface area contributed by atoms with Gasteiger partial charge in [0.2, 0.25) is 5.91 Å². The SMILES string of the molecule is COc1ccc(NC(=O)Cc2noc(-c3ccccc3OC)n2)cc1. The zero-order chi connectivity index (χ0) is 17.6. The second-order valence-electron chi connectivity index (χ2n) is 5.17. The van der Waals surface area contributed by atoms with Crippen LogP contribution in [0.3, 0.4) is 0 Å². The number of methoxy groups -OCH3 is 2. The monoisotopic (exact) mass is 339 g/mol. The number of nitrogens with one attached hydrogen (secondary N) is 1. The summed E-state index contributed by atoms with van der Waals surface area (Å²) in [6, 6.07) is 14.4. The third-order valence-electron chi connectivity index (χ3n) is 3.50. The first-order valence-corrected chi connectivity index (χ1v) is 7.59. The highest BCUT2D eigenvalue weighted by Crippen LogP contribution is 2.28. The number of hydrogen-bond acceptors (Lipinski definition) is 6. The highest BCUT2D eigenvalue weighted by atomic mass is 16.5. The molecule has 0 spiro atoms. The molecule has 0 fully saturated rings. The first-order valence-electron chi connectivity index (χ1n) is 7.59. The molecule has 0 radical (unpaired) electrons. The number of para-hydroxylation sites is 1. The Morgan fingerprint density at radius 1 is 1.08 bits per heavy atom. The van der Waals surface area contributed by atoms with E-state index >= 15 is 0 Å². The van der Waals surface area contributed by atoms with Crippen LogP contribution in [0, 0.1) is 0 Å². The van der Waals surface area contributed by atoms with Crippen LogP contribution >= 0.6 is 0 Å². The average molecular weight is 339 g/mol. The summed E-state index contributed by atoms with van der Waals surface area (Å²) in [4.78, 5) is 16.4. The Morgan fingerprint density at radius 2 is 1.84 bits per heavy atom. The molecule has 1 amide bonds. The van der Waals surface area contributed by atoms with Crippen LogP contribution in [0.25, 0.3) is 11.5 Å². The molecule has 1 heterocycles. The maximum Gasteiger partial charge on any atom is 0.261 e. The largest absolute Gasteiger partial charge is 0.497 e. The van der Waals surface area contributed by atoms with Gasteiger partial charge in [-0.25, -0.2) is 0 Å². The summed E-state index contributed by atoms with van der Waals surface area (Å²) >= 11 is 0. The van der Waals surface area contributed by atoms with E-state index in [0.29, 0.717) is 28.7 Å². The number of aromatic nitrogens is 2. The standard InChI is InChI=1S/C18H17N3O4/c1-23-13-9-7-12(8-10-13)19-17(22)11-16-20-18(25-21-16)14-5-3-4-6-15(14)24-2/h3-10H,11H2,1-2H3,(H,19,22). The number of carbonyl (C=O) groups excluding carboxylic acids is 1. The summed E-state index contributed by atoms with van der Waals surface area (Å²) in [5.74, 6) is 1.71. The predicted molar refractivity (Wildman–Crippen MR) is 91.6 cm³/mol. The summed E-state index contributed by atoms with van der Waals surface area (Å²) in [6.45, 7) is 0. The maximum atomic E-state index is 12.1. The Balaban J connectivity index is 1.67. The molecule has 0 aliphatic rings. The molecule has 0 aliphatic heterocycles. The normalized spacial score (nSPS) is 10.3. The van der Waals surface area contributed by atoms with Gasteiger partial charge in [0, 0.05) is 5.69 Å². The van der Waals surface area contributed by atoms with Crippen molar-refractivity contribution in [2.24, 2.45) is 0 Å². The molecule has 0 atom stereocenters. The van der Waals surface area contributed by atoms with Crippen molar-refractivity contribution in [2.75, 3.05) is 19.5 Å². The second-order valence-corrected chi connectivity index (χ2v) is 5.17. The van der Waals surface area contributed by atoms with Crippen LogP contribution in [0.15, 0.2) is 53.1 Å². The van der Waals surface area contributed by atoms with E-state index in [4.69, 9.17) is 14.0 Å². The Bertz CT molecular complexity index is 859. The number of nitrogens with zero attached hydrogens (tertiary/aromatic N) is 2. The van der Waals surface area contributed by atoms with Gasteiger partial charge in [0.05, 0.1) is 26.2 Å². The zero-order valence-corrected chi connectivity index (χ0v) is 13.9. The molecular formula is C18H17N3O4. The summed E-state index contributed by atoms with van der Waals surface area (Å²) in [7, 11) is 3.15. The molecule has 3 rings (SSSR count). The van der Waals surface area contributed by atoms with Gasteiger partial charge in [-0.05, 0) is 36.4 Å². The lowest BCUT2D eigenvalue weighted by Crippen LogP contribution is -2.15. The fourth-order valence-corrected chi connectivity index (χ4v) is 2.28. The second kappa shape index (κ2) is 7.48. The van der Waals surface area contributed by atoms with Gasteiger partial charge in [0.1, 0.15) is 11.5 Å². The van der Waals surface area contributed by atoms with Gasteiger partial charge in [0.25, 0.3) is 5.89 Å². The molecule has 3 aromatic rings. The summed E-state index contributed by atoms with van der Waals surface area (Å²) in [5, 5.41) is 6.63. The van der Waals surface area contributed by atoms with Crippen molar-refractivity contribution in [3.63, 3.8) is 0 Å². The third-order valence-corrected chi connectivity index (χ3v) is 3.50. The van der Waals surface area contributed by atoms with E-state index in [1.807, 2.05) is 18.2 Å². The number of amides is 1. The van der Waals surface area contributed by atoms with Crippen molar-refractivity contribution in [3.8, 4) is 23.0 Å². The van der Waals surface area contributed by atoms with Gasteiger partial charge >= 0.3 is 0 Å². The maximum absolute atomic E-state index is 12.1.